The van der Waals surface area contributed by atoms with Crippen LogP contribution in [0.25, 0.3) is 0 Å². The van der Waals surface area contributed by atoms with Crippen molar-refractivity contribution in [2.24, 2.45) is 4.99 Å². The fraction of sp³-hybridized carbons (Fsp3) is 0.478. The summed E-state index contributed by atoms with van der Waals surface area (Å²) in [5, 5.41) is 1.11. The SMILES string of the molecule is O=C1CN=C(c2ccc(Br)cc2)c2c(sc3c2CCCC3)N1CCN1CCOCC1. The van der Waals surface area contributed by atoms with Gasteiger partial charge >= 0.3 is 0 Å². The highest BCUT2D eigenvalue weighted by molar-refractivity contribution is 9.10. The second kappa shape index (κ2) is 8.91. The average Bonchev–Trinajstić information content (AvgIpc) is 3.09. The second-order valence-electron chi connectivity index (χ2n) is 8.06. The maximum atomic E-state index is 13.2. The average molecular weight is 488 g/mol. The zero-order valence-electron chi connectivity index (χ0n) is 17.0. The minimum Gasteiger partial charge on any atom is -0.379 e. The van der Waals surface area contributed by atoms with Gasteiger partial charge in [0.15, 0.2) is 0 Å². The first-order valence-corrected chi connectivity index (χ1v) is 12.4. The molecule has 0 bridgehead atoms. The first kappa shape index (κ1) is 20.4. The lowest BCUT2D eigenvalue weighted by Crippen LogP contribution is -2.43. The van der Waals surface area contributed by atoms with Crippen LogP contribution in [0.5, 0.6) is 0 Å². The van der Waals surface area contributed by atoms with Crippen molar-refractivity contribution in [3.05, 3.63) is 50.3 Å². The lowest BCUT2D eigenvalue weighted by Gasteiger charge is -2.29. The summed E-state index contributed by atoms with van der Waals surface area (Å²) in [6, 6.07) is 8.32. The van der Waals surface area contributed by atoms with Gasteiger partial charge in [0.2, 0.25) is 5.91 Å². The van der Waals surface area contributed by atoms with Gasteiger partial charge in [-0.2, -0.15) is 0 Å². The number of aryl methyl sites for hydroxylation is 1. The van der Waals surface area contributed by atoms with Crippen LogP contribution in [0, 0.1) is 0 Å². The van der Waals surface area contributed by atoms with E-state index in [-0.39, 0.29) is 12.5 Å². The van der Waals surface area contributed by atoms with E-state index in [4.69, 9.17) is 9.73 Å². The number of benzene rings is 1. The molecule has 5 rings (SSSR count). The molecule has 30 heavy (non-hydrogen) atoms. The molecule has 2 aromatic rings. The van der Waals surface area contributed by atoms with Crippen molar-refractivity contribution in [2.75, 3.05) is 50.8 Å². The quantitative estimate of drug-likeness (QED) is 0.656. The Morgan fingerprint density at radius 1 is 1.07 bits per heavy atom. The van der Waals surface area contributed by atoms with Crippen molar-refractivity contribution < 1.29 is 9.53 Å². The van der Waals surface area contributed by atoms with Gasteiger partial charge in [0.25, 0.3) is 0 Å². The van der Waals surface area contributed by atoms with Crippen molar-refractivity contribution in [3.63, 3.8) is 0 Å². The smallest absolute Gasteiger partial charge is 0.249 e. The number of carbonyl (C=O) groups is 1. The van der Waals surface area contributed by atoms with E-state index in [1.54, 1.807) is 0 Å². The summed E-state index contributed by atoms with van der Waals surface area (Å²) in [7, 11) is 0. The van der Waals surface area contributed by atoms with Crippen LogP contribution < -0.4 is 4.90 Å². The molecule has 1 saturated heterocycles. The summed E-state index contributed by atoms with van der Waals surface area (Å²) in [6.07, 6.45) is 4.65. The molecular formula is C23H26BrN3O2S. The van der Waals surface area contributed by atoms with Gasteiger partial charge in [0.05, 0.1) is 18.9 Å². The molecule has 0 unspecified atom stereocenters. The topological polar surface area (TPSA) is 45.1 Å². The summed E-state index contributed by atoms with van der Waals surface area (Å²) in [6.45, 7) is 5.25. The Morgan fingerprint density at radius 3 is 2.63 bits per heavy atom. The third-order valence-electron chi connectivity index (χ3n) is 6.17. The number of morpholine rings is 1. The molecule has 158 valence electrons. The van der Waals surface area contributed by atoms with E-state index in [1.807, 2.05) is 16.2 Å². The number of hydrogen-bond donors (Lipinski definition) is 0. The van der Waals surface area contributed by atoms with Crippen LogP contribution in [0.1, 0.15) is 34.4 Å². The number of fused-ring (bicyclic) bond motifs is 3. The molecule has 5 nitrogen and oxygen atoms in total. The molecule has 0 radical (unpaired) electrons. The van der Waals surface area contributed by atoms with E-state index in [0.29, 0.717) is 6.54 Å². The summed E-state index contributed by atoms with van der Waals surface area (Å²) in [4.78, 5) is 23.9. The number of hydrogen-bond acceptors (Lipinski definition) is 5. The summed E-state index contributed by atoms with van der Waals surface area (Å²) in [5.41, 5.74) is 4.71. The highest BCUT2D eigenvalue weighted by atomic mass is 79.9. The number of aliphatic imine (C=N–C) groups is 1. The van der Waals surface area contributed by atoms with Gasteiger partial charge in [0, 0.05) is 46.7 Å². The van der Waals surface area contributed by atoms with Crippen LogP contribution in [-0.2, 0) is 22.4 Å². The predicted octanol–water partition coefficient (Wildman–Crippen LogP) is 3.91. The molecule has 0 spiro atoms. The highest BCUT2D eigenvalue weighted by Gasteiger charge is 2.32. The maximum absolute atomic E-state index is 13.2. The monoisotopic (exact) mass is 487 g/mol. The Labute approximate surface area is 189 Å². The Bertz CT molecular complexity index is 964. The molecule has 3 heterocycles. The number of amides is 1. The summed E-state index contributed by atoms with van der Waals surface area (Å²) in [5.74, 6) is 0.107. The van der Waals surface area contributed by atoms with E-state index < -0.39 is 0 Å². The number of anilines is 1. The molecule has 1 aromatic carbocycles. The Kier molecular flexibility index (Phi) is 6.05. The molecule has 1 amide bonds. The molecule has 7 heteroatoms. The largest absolute Gasteiger partial charge is 0.379 e. The van der Waals surface area contributed by atoms with Crippen LogP contribution in [0.3, 0.4) is 0 Å². The van der Waals surface area contributed by atoms with Crippen LogP contribution in [-0.4, -0.2) is 62.5 Å². The third kappa shape index (κ3) is 4.00. The molecule has 0 atom stereocenters. The first-order chi connectivity index (χ1) is 14.7. The Hall–Kier alpha value is -1.54. The van der Waals surface area contributed by atoms with E-state index >= 15 is 0 Å². The maximum Gasteiger partial charge on any atom is 0.249 e. The van der Waals surface area contributed by atoms with E-state index in [0.717, 1.165) is 66.4 Å². The van der Waals surface area contributed by atoms with Gasteiger partial charge < -0.3 is 9.64 Å². The van der Waals surface area contributed by atoms with Gasteiger partial charge in [-0.1, -0.05) is 28.1 Å². The van der Waals surface area contributed by atoms with Crippen LogP contribution in [0.2, 0.25) is 0 Å². The molecule has 0 N–H and O–H groups in total. The lowest BCUT2D eigenvalue weighted by atomic mass is 9.91. The van der Waals surface area contributed by atoms with Gasteiger partial charge in [-0.05, 0) is 43.4 Å². The van der Waals surface area contributed by atoms with Crippen molar-refractivity contribution >= 4 is 43.9 Å². The predicted molar refractivity (Wildman–Crippen MR) is 125 cm³/mol. The third-order valence-corrected chi connectivity index (χ3v) is 8.01. The fourth-order valence-corrected chi connectivity index (χ4v) is 6.24. The van der Waals surface area contributed by atoms with Crippen molar-refractivity contribution in [1.29, 1.82) is 0 Å². The van der Waals surface area contributed by atoms with Crippen LogP contribution in [0.15, 0.2) is 33.7 Å². The molecule has 0 saturated carbocycles. The van der Waals surface area contributed by atoms with Gasteiger partial charge in [0.1, 0.15) is 11.5 Å². The van der Waals surface area contributed by atoms with Gasteiger partial charge in [-0.25, -0.2) is 0 Å². The number of carbonyl (C=O) groups excluding carboxylic acids is 1. The summed E-state index contributed by atoms with van der Waals surface area (Å²) >= 11 is 5.36. The Balaban J connectivity index is 1.53. The number of nitrogens with zero attached hydrogens (tertiary/aromatic N) is 3. The van der Waals surface area contributed by atoms with Gasteiger partial charge in [-0.3, -0.25) is 14.7 Å². The van der Waals surface area contributed by atoms with E-state index in [2.05, 4.69) is 45.1 Å². The van der Waals surface area contributed by atoms with Gasteiger partial charge in [-0.15, -0.1) is 11.3 Å². The summed E-state index contributed by atoms with van der Waals surface area (Å²) < 4.78 is 6.53. The molecule has 1 aromatic heterocycles. The number of thiophene rings is 1. The zero-order chi connectivity index (χ0) is 20.5. The van der Waals surface area contributed by atoms with Crippen molar-refractivity contribution in [3.8, 4) is 0 Å². The minimum atomic E-state index is 0.107. The standard InChI is InChI=1S/C23H26BrN3O2S/c24-17-7-5-16(6-8-17)22-21-18-3-1-2-4-19(18)30-23(21)27(20(28)15-25-22)10-9-26-11-13-29-14-12-26/h5-8H,1-4,9-15H2. The van der Waals surface area contributed by atoms with Crippen molar-refractivity contribution in [1.82, 2.24) is 4.90 Å². The lowest BCUT2D eigenvalue weighted by molar-refractivity contribution is -0.117. The highest BCUT2D eigenvalue weighted by Crippen LogP contribution is 2.42. The number of rotatable bonds is 4. The fourth-order valence-electron chi connectivity index (χ4n) is 4.55. The van der Waals surface area contributed by atoms with E-state index in [1.165, 1.54) is 28.8 Å². The second-order valence-corrected chi connectivity index (χ2v) is 10.1. The van der Waals surface area contributed by atoms with Crippen molar-refractivity contribution in [2.45, 2.75) is 25.7 Å². The van der Waals surface area contributed by atoms with Crippen LogP contribution in [0.4, 0.5) is 5.00 Å². The van der Waals surface area contributed by atoms with Crippen LogP contribution >= 0.6 is 27.3 Å². The number of ether oxygens (including phenoxy) is 1. The Morgan fingerprint density at radius 2 is 1.83 bits per heavy atom. The number of halogens is 1. The van der Waals surface area contributed by atoms with E-state index in [9.17, 15) is 4.79 Å². The molecule has 3 aliphatic rings. The molecule has 2 aliphatic heterocycles. The minimum absolute atomic E-state index is 0.107. The first-order valence-electron chi connectivity index (χ1n) is 10.8. The molecular weight excluding hydrogens is 462 g/mol. The zero-order valence-corrected chi connectivity index (χ0v) is 19.4. The normalized spacial score (nSPS) is 19.8. The molecule has 1 aliphatic carbocycles. The molecule has 1 fully saturated rings.